The lowest BCUT2D eigenvalue weighted by molar-refractivity contribution is 0.581. The molecule has 2 rings (SSSR count). The van der Waals surface area contributed by atoms with Crippen LogP contribution in [0.1, 0.15) is 5.56 Å². The molecular weight excluding hydrogens is 335 g/mol. The number of hydrogen-bond donors (Lipinski definition) is 3. The molecule has 0 radical (unpaired) electrons. The number of nitrogens with zero attached hydrogens (tertiary/aromatic N) is 1. The van der Waals surface area contributed by atoms with Gasteiger partial charge in [0.25, 0.3) is 0 Å². The van der Waals surface area contributed by atoms with Gasteiger partial charge in [-0.1, -0.05) is 35.3 Å². The molecule has 0 saturated heterocycles. The molecule has 112 valence electrons. The smallest absolute Gasteiger partial charge is 0.242 e. The van der Waals surface area contributed by atoms with Gasteiger partial charge in [-0.2, -0.15) is 0 Å². The number of nitrogen functional groups attached to an aromatic ring is 1. The number of aromatic nitrogens is 1. The Morgan fingerprint density at radius 2 is 2.00 bits per heavy atom. The summed E-state index contributed by atoms with van der Waals surface area (Å²) in [4.78, 5) is 3.78. The number of halogens is 2. The molecule has 0 fully saturated rings. The second-order valence-electron chi connectivity index (χ2n) is 4.10. The van der Waals surface area contributed by atoms with Crippen LogP contribution in [0.25, 0.3) is 0 Å². The fraction of sp³-hybridized carbons (Fsp3) is 0.0833. The lowest BCUT2D eigenvalue weighted by atomic mass is 10.2. The molecule has 0 unspecified atom stereocenters. The molecule has 21 heavy (non-hydrogen) atoms. The van der Waals surface area contributed by atoms with Gasteiger partial charge in [-0.3, -0.25) is 0 Å². The summed E-state index contributed by atoms with van der Waals surface area (Å²) in [5.41, 5.74) is 3.01. The molecule has 0 saturated carbocycles. The Balaban J connectivity index is 2.17. The van der Waals surface area contributed by atoms with Gasteiger partial charge in [0.05, 0.1) is 5.02 Å². The largest absolute Gasteiger partial charge is 0.307 e. The van der Waals surface area contributed by atoms with E-state index in [1.54, 1.807) is 24.3 Å². The molecule has 1 aromatic heterocycles. The third-order valence-corrected chi connectivity index (χ3v) is 4.51. The first kappa shape index (κ1) is 16.0. The Bertz CT molecular complexity index is 753. The van der Waals surface area contributed by atoms with Crippen LogP contribution in [0.2, 0.25) is 10.0 Å². The number of hydrogen-bond acceptors (Lipinski definition) is 5. The van der Waals surface area contributed by atoms with Crippen molar-refractivity contribution in [3.63, 3.8) is 0 Å². The number of rotatable bonds is 5. The van der Waals surface area contributed by atoms with Crippen molar-refractivity contribution in [1.29, 1.82) is 0 Å². The van der Waals surface area contributed by atoms with Crippen LogP contribution in [0.4, 0.5) is 5.82 Å². The highest BCUT2D eigenvalue weighted by Crippen LogP contribution is 2.21. The second-order valence-corrected chi connectivity index (χ2v) is 6.71. The summed E-state index contributed by atoms with van der Waals surface area (Å²) in [6.07, 6.45) is 1.17. The molecule has 4 N–H and O–H groups in total. The maximum Gasteiger partial charge on any atom is 0.242 e. The van der Waals surface area contributed by atoms with Crippen molar-refractivity contribution < 1.29 is 8.42 Å². The first-order valence-corrected chi connectivity index (χ1v) is 8.02. The van der Waals surface area contributed by atoms with E-state index >= 15 is 0 Å². The van der Waals surface area contributed by atoms with E-state index in [1.807, 2.05) is 0 Å². The van der Waals surface area contributed by atoms with Gasteiger partial charge < -0.3 is 5.43 Å². The highest BCUT2D eigenvalue weighted by molar-refractivity contribution is 7.89. The number of benzene rings is 1. The fourth-order valence-corrected chi connectivity index (χ4v) is 3.07. The molecule has 0 aliphatic heterocycles. The Labute approximate surface area is 132 Å². The van der Waals surface area contributed by atoms with Gasteiger partial charge in [-0.15, -0.1) is 0 Å². The van der Waals surface area contributed by atoms with Crippen LogP contribution in [-0.4, -0.2) is 13.4 Å². The Morgan fingerprint density at radius 1 is 1.24 bits per heavy atom. The van der Waals surface area contributed by atoms with E-state index in [0.29, 0.717) is 5.02 Å². The number of pyridine rings is 1. The van der Waals surface area contributed by atoms with Crippen LogP contribution in [0, 0.1) is 0 Å². The zero-order valence-electron chi connectivity index (χ0n) is 10.7. The summed E-state index contributed by atoms with van der Waals surface area (Å²) < 4.78 is 26.7. The van der Waals surface area contributed by atoms with Crippen molar-refractivity contribution in [3.8, 4) is 0 Å². The fourth-order valence-electron chi connectivity index (χ4n) is 1.58. The van der Waals surface area contributed by atoms with E-state index < -0.39 is 10.0 Å². The summed E-state index contributed by atoms with van der Waals surface area (Å²) in [5, 5.41) is 0.651. The van der Waals surface area contributed by atoms with Gasteiger partial charge in [0.15, 0.2) is 5.82 Å². The van der Waals surface area contributed by atoms with Gasteiger partial charge in [0.1, 0.15) is 4.90 Å². The predicted octanol–water partition coefficient (Wildman–Crippen LogP) is 2.15. The molecule has 0 aliphatic carbocycles. The van der Waals surface area contributed by atoms with Crippen molar-refractivity contribution in [3.05, 3.63) is 52.1 Å². The van der Waals surface area contributed by atoms with E-state index in [0.717, 1.165) is 5.56 Å². The lowest BCUT2D eigenvalue weighted by Gasteiger charge is -2.08. The molecule has 0 bridgehead atoms. The average molecular weight is 347 g/mol. The summed E-state index contributed by atoms with van der Waals surface area (Å²) in [6.45, 7) is 0.109. The lowest BCUT2D eigenvalue weighted by Crippen LogP contribution is -2.23. The third kappa shape index (κ3) is 4.05. The van der Waals surface area contributed by atoms with Crippen LogP contribution in [0.5, 0.6) is 0 Å². The first-order valence-electron chi connectivity index (χ1n) is 5.78. The molecule has 1 heterocycles. The SMILES string of the molecule is NNc1ncc(S(=O)(=O)NCc2cccc(Cl)c2)cc1Cl. The van der Waals surface area contributed by atoms with Gasteiger partial charge in [0.2, 0.25) is 10.0 Å². The molecule has 0 atom stereocenters. The minimum Gasteiger partial charge on any atom is -0.307 e. The zero-order chi connectivity index (χ0) is 15.5. The summed E-state index contributed by atoms with van der Waals surface area (Å²) >= 11 is 11.7. The van der Waals surface area contributed by atoms with Crippen LogP contribution in [-0.2, 0) is 16.6 Å². The minimum absolute atomic E-state index is 0.0477. The Kier molecular flexibility index (Phi) is 5.02. The number of sulfonamides is 1. The number of nitrogens with two attached hydrogens (primary N) is 1. The van der Waals surface area contributed by atoms with Gasteiger partial charge in [-0.05, 0) is 23.8 Å². The molecule has 0 aliphatic rings. The van der Waals surface area contributed by atoms with E-state index in [2.05, 4.69) is 15.1 Å². The molecular formula is C12H12Cl2N4O2S. The number of nitrogens with one attached hydrogen (secondary N) is 2. The molecule has 2 aromatic rings. The van der Waals surface area contributed by atoms with Gasteiger partial charge in [0, 0.05) is 17.8 Å². The number of hydrazine groups is 1. The first-order chi connectivity index (χ1) is 9.92. The van der Waals surface area contributed by atoms with Crippen molar-refractivity contribution in [2.24, 2.45) is 5.84 Å². The van der Waals surface area contributed by atoms with E-state index in [9.17, 15) is 8.42 Å². The molecule has 0 spiro atoms. The molecule has 1 aromatic carbocycles. The van der Waals surface area contributed by atoms with Gasteiger partial charge in [-0.25, -0.2) is 24.0 Å². The maximum absolute atomic E-state index is 12.1. The average Bonchev–Trinajstić information content (AvgIpc) is 2.45. The van der Waals surface area contributed by atoms with E-state index in [4.69, 9.17) is 29.0 Å². The summed E-state index contributed by atoms with van der Waals surface area (Å²) in [7, 11) is -3.73. The quantitative estimate of drug-likeness (QED) is 0.569. The standard InChI is InChI=1S/C12H12Cl2N4O2S/c13-9-3-1-2-8(4-9)6-17-21(19,20)10-5-11(14)12(18-15)16-7-10/h1-5,7,17H,6,15H2,(H,16,18). The van der Waals surface area contributed by atoms with Gasteiger partial charge >= 0.3 is 0 Å². The normalized spacial score (nSPS) is 11.4. The predicted molar refractivity (Wildman–Crippen MR) is 82.5 cm³/mol. The highest BCUT2D eigenvalue weighted by atomic mass is 35.5. The van der Waals surface area contributed by atoms with Crippen molar-refractivity contribution >= 4 is 39.0 Å². The van der Waals surface area contributed by atoms with Crippen LogP contribution in [0.15, 0.2) is 41.4 Å². The Hall–Kier alpha value is -1.38. The minimum atomic E-state index is -3.73. The van der Waals surface area contributed by atoms with E-state index in [-0.39, 0.29) is 22.3 Å². The molecule has 0 amide bonds. The van der Waals surface area contributed by atoms with Crippen LogP contribution >= 0.6 is 23.2 Å². The summed E-state index contributed by atoms with van der Waals surface area (Å²) in [5.74, 6) is 5.38. The van der Waals surface area contributed by atoms with Crippen LogP contribution in [0.3, 0.4) is 0 Å². The topological polar surface area (TPSA) is 97.1 Å². The summed E-state index contributed by atoms with van der Waals surface area (Å²) in [6, 6.07) is 8.16. The second kappa shape index (κ2) is 6.59. The maximum atomic E-state index is 12.1. The Morgan fingerprint density at radius 3 is 2.62 bits per heavy atom. The monoisotopic (exact) mass is 346 g/mol. The van der Waals surface area contributed by atoms with E-state index in [1.165, 1.54) is 12.3 Å². The van der Waals surface area contributed by atoms with Crippen molar-refractivity contribution in [2.45, 2.75) is 11.4 Å². The molecule has 9 heteroatoms. The third-order valence-electron chi connectivity index (χ3n) is 2.62. The van der Waals surface area contributed by atoms with Crippen molar-refractivity contribution in [2.75, 3.05) is 5.43 Å². The van der Waals surface area contributed by atoms with Crippen LogP contribution < -0.4 is 16.0 Å². The van der Waals surface area contributed by atoms with Crippen molar-refractivity contribution in [1.82, 2.24) is 9.71 Å². The number of anilines is 1. The zero-order valence-corrected chi connectivity index (χ0v) is 13.0. The molecule has 6 nitrogen and oxygen atoms in total. The highest BCUT2D eigenvalue weighted by Gasteiger charge is 2.16.